The number of aromatic nitrogens is 2. The minimum absolute atomic E-state index is 0.0179. The molecule has 1 unspecified atom stereocenters. The molecule has 2 rings (SSSR count). The molecule has 1 aromatic rings. The SMILES string of the molecule is [N-]=[N+]=N[C@]1(CO)O[C@@H](n2ccc(NCC(O)CN)nc2=O)[C@@H](F)[C@@H]1O. The van der Waals surface area contributed by atoms with Crippen LogP contribution in [0.1, 0.15) is 6.23 Å². The molecule has 13 heteroatoms. The number of hydrogen-bond donors (Lipinski definition) is 5. The van der Waals surface area contributed by atoms with E-state index in [1.165, 1.54) is 6.07 Å². The van der Waals surface area contributed by atoms with Gasteiger partial charge in [-0.25, -0.2) is 9.18 Å². The van der Waals surface area contributed by atoms with E-state index in [4.69, 9.17) is 16.0 Å². The number of aliphatic hydroxyl groups is 3. The number of halogens is 1. The van der Waals surface area contributed by atoms with Crippen LogP contribution in [0.15, 0.2) is 22.2 Å². The number of anilines is 1. The Morgan fingerprint density at radius 3 is 2.96 bits per heavy atom. The Balaban J connectivity index is 2.24. The molecule has 0 aliphatic carbocycles. The van der Waals surface area contributed by atoms with Gasteiger partial charge < -0.3 is 31.1 Å². The van der Waals surface area contributed by atoms with Crippen LogP contribution in [0.4, 0.5) is 10.2 Å². The predicted octanol–water partition coefficient (Wildman–Crippen LogP) is -1.80. The standard InChI is InChI=1S/C12H18FN7O5/c13-8-9(23)12(5-21,18-19-15)25-10(8)20-2-1-7(17-11(20)24)16-4-6(22)3-14/h1-2,6,8-10,21-23H,3-5,14H2,(H,16,17,24)/t6?,8-,9-,10+,12+/m0/s1. The topological polar surface area (TPSA) is 192 Å². The quantitative estimate of drug-likeness (QED) is 0.214. The van der Waals surface area contributed by atoms with Crippen LogP contribution in [0.2, 0.25) is 0 Å². The summed E-state index contributed by atoms with van der Waals surface area (Å²) >= 11 is 0. The lowest BCUT2D eigenvalue weighted by Crippen LogP contribution is -2.43. The molecular formula is C12H18FN7O5. The zero-order valence-electron chi connectivity index (χ0n) is 12.9. The van der Waals surface area contributed by atoms with Crippen molar-refractivity contribution in [1.29, 1.82) is 0 Å². The zero-order chi connectivity index (χ0) is 18.6. The van der Waals surface area contributed by atoms with E-state index in [2.05, 4.69) is 20.3 Å². The smallest absolute Gasteiger partial charge is 0.351 e. The summed E-state index contributed by atoms with van der Waals surface area (Å²) in [6.45, 7) is -0.903. The Morgan fingerprint density at radius 1 is 1.68 bits per heavy atom. The van der Waals surface area contributed by atoms with Crippen LogP contribution in [0, 0.1) is 0 Å². The first kappa shape index (κ1) is 19.1. The fraction of sp³-hybridized carbons (Fsp3) is 0.667. The third kappa shape index (κ3) is 3.71. The second-order valence-corrected chi connectivity index (χ2v) is 5.36. The van der Waals surface area contributed by atoms with Crippen LogP contribution in [-0.4, -0.2) is 68.7 Å². The molecule has 0 amide bonds. The summed E-state index contributed by atoms with van der Waals surface area (Å²) in [5.41, 5.74) is 10.6. The maximum atomic E-state index is 14.3. The summed E-state index contributed by atoms with van der Waals surface area (Å²) in [5, 5.41) is 34.3. The zero-order valence-corrected chi connectivity index (χ0v) is 12.9. The van der Waals surface area contributed by atoms with Crippen LogP contribution in [0.25, 0.3) is 10.4 Å². The molecule has 0 bridgehead atoms. The Kier molecular flexibility index (Phi) is 5.89. The van der Waals surface area contributed by atoms with Crippen molar-refractivity contribution in [2.24, 2.45) is 10.8 Å². The van der Waals surface area contributed by atoms with Crippen LogP contribution in [0.3, 0.4) is 0 Å². The van der Waals surface area contributed by atoms with Crippen molar-refractivity contribution >= 4 is 5.82 Å². The molecule has 1 aliphatic heterocycles. The number of nitrogens with two attached hydrogens (primary N) is 1. The Bertz CT molecular complexity index is 711. The first-order valence-corrected chi connectivity index (χ1v) is 7.26. The molecule has 2 heterocycles. The van der Waals surface area contributed by atoms with E-state index in [0.29, 0.717) is 0 Å². The van der Waals surface area contributed by atoms with Gasteiger partial charge in [0.1, 0.15) is 11.9 Å². The van der Waals surface area contributed by atoms with Crippen molar-refractivity contribution in [1.82, 2.24) is 9.55 Å². The van der Waals surface area contributed by atoms with Gasteiger partial charge in [-0.05, 0) is 11.6 Å². The van der Waals surface area contributed by atoms with Crippen LogP contribution < -0.4 is 16.7 Å². The Labute approximate surface area is 140 Å². The second-order valence-electron chi connectivity index (χ2n) is 5.36. The lowest BCUT2D eigenvalue weighted by molar-refractivity contribution is -0.124. The van der Waals surface area contributed by atoms with E-state index in [0.717, 1.165) is 10.8 Å². The molecule has 6 N–H and O–H groups in total. The van der Waals surface area contributed by atoms with Crippen LogP contribution >= 0.6 is 0 Å². The van der Waals surface area contributed by atoms with Crippen molar-refractivity contribution in [3.63, 3.8) is 0 Å². The van der Waals surface area contributed by atoms with Gasteiger partial charge in [0.25, 0.3) is 0 Å². The summed E-state index contributed by atoms with van der Waals surface area (Å²) in [5.74, 6) is 0.117. The van der Waals surface area contributed by atoms with Gasteiger partial charge in [0.15, 0.2) is 12.4 Å². The number of nitrogens with one attached hydrogen (secondary N) is 1. The normalized spacial score (nSPS) is 29.9. The number of ether oxygens (including phenoxy) is 1. The summed E-state index contributed by atoms with van der Waals surface area (Å²) in [6.07, 6.45) is -5.43. The van der Waals surface area contributed by atoms with Gasteiger partial charge >= 0.3 is 5.69 Å². The first-order valence-electron chi connectivity index (χ1n) is 7.26. The molecule has 138 valence electrons. The van der Waals surface area contributed by atoms with Crippen LogP contribution in [0.5, 0.6) is 0 Å². The van der Waals surface area contributed by atoms with Gasteiger partial charge in [0, 0.05) is 24.2 Å². The van der Waals surface area contributed by atoms with Crippen molar-refractivity contribution in [2.75, 3.05) is 25.0 Å². The highest BCUT2D eigenvalue weighted by Gasteiger charge is 2.56. The number of hydrogen-bond acceptors (Lipinski definition) is 9. The number of alkyl halides is 1. The van der Waals surface area contributed by atoms with Crippen molar-refractivity contribution in [3.8, 4) is 0 Å². The van der Waals surface area contributed by atoms with E-state index in [-0.39, 0.29) is 18.9 Å². The molecular weight excluding hydrogens is 341 g/mol. The average molecular weight is 359 g/mol. The van der Waals surface area contributed by atoms with Gasteiger partial charge in [-0.15, -0.1) is 0 Å². The minimum Gasteiger partial charge on any atom is -0.393 e. The number of aliphatic hydroxyl groups excluding tert-OH is 3. The maximum absolute atomic E-state index is 14.3. The Morgan fingerprint density at radius 2 is 2.40 bits per heavy atom. The van der Waals surface area contributed by atoms with Gasteiger partial charge in [-0.3, -0.25) is 4.57 Å². The van der Waals surface area contributed by atoms with E-state index in [1.807, 2.05) is 0 Å². The fourth-order valence-electron chi connectivity index (χ4n) is 2.29. The van der Waals surface area contributed by atoms with E-state index in [9.17, 15) is 24.5 Å². The third-order valence-corrected chi connectivity index (χ3v) is 3.70. The van der Waals surface area contributed by atoms with Gasteiger partial charge in [0.05, 0.1) is 12.7 Å². The maximum Gasteiger partial charge on any atom is 0.351 e. The molecule has 0 aromatic carbocycles. The van der Waals surface area contributed by atoms with Crippen molar-refractivity contribution < 1.29 is 24.4 Å². The summed E-state index contributed by atoms with van der Waals surface area (Å²) in [4.78, 5) is 18.2. The highest BCUT2D eigenvalue weighted by atomic mass is 19.1. The minimum atomic E-state index is -2.24. The molecule has 5 atom stereocenters. The summed E-state index contributed by atoms with van der Waals surface area (Å²) in [6, 6.07) is 1.32. The highest BCUT2D eigenvalue weighted by Crippen LogP contribution is 2.39. The molecule has 0 radical (unpaired) electrons. The average Bonchev–Trinajstić information content (AvgIpc) is 2.85. The molecule has 1 aromatic heterocycles. The highest BCUT2D eigenvalue weighted by molar-refractivity contribution is 5.32. The van der Waals surface area contributed by atoms with E-state index < -0.39 is 42.6 Å². The fourth-order valence-corrected chi connectivity index (χ4v) is 2.29. The Hall–Kier alpha value is -2.28. The van der Waals surface area contributed by atoms with Crippen molar-refractivity contribution in [2.45, 2.75) is 30.3 Å². The largest absolute Gasteiger partial charge is 0.393 e. The molecule has 1 saturated heterocycles. The molecule has 25 heavy (non-hydrogen) atoms. The molecule has 0 spiro atoms. The molecule has 1 aliphatic rings. The first-order chi connectivity index (χ1) is 11.9. The number of nitrogens with zero attached hydrogens (tertiary/aromatic N) is 5. The lowest BCUT2D eigenvalue weighted by atomic mass is 10.1. The van der Waals surface area contributed by atoms with E-state index in [1.54, 1.807) is 0 Å². The monoisotopic (exact) mass is 359 g/mol. The number of azide groups is 1. The number of rotatable bonds is 7. The predicted molar refractivity (Wildman–Crippen MR) is 82.0 cm³/mol. The summed E-state index contributed by atoms with van der Waals surface area (Å²) < 4.78 is 20.2. The summed E-state index contributed by atoms with van der Waals surface area (Å²) in [7, 11) is 0. The van der Waals surface area contributed by atoms with Crippen LogP contribution in [-0.2, 0) is 4.74 Å². The van der Waals surface area contributed by atoms with E-state index >= 15 is 0 Å². The third-order valence-electron chi connectivity index (χ3n) is 3.70. The molecule has 1 fully saturated rings. The van der Waals surface area contributed by atoms with Gasteiger partial charge in [0.2, 0.25) is 5.72 Å². The second kappa shape index (κ2) is 7.74. The molecule has 0 saturated carbocycles. The molecule has 12 nitrogen and oxygen atoms in total. The van der Waals surface area contributed by atoms with Gasteiger partial charge in [-0.2, -0.15) is 4.98 Å². The lowest BCUT2D eigenvalue weighted by Gasteiger charge is -2.23. The van der Waals surface area contributed by atoms with Crippen molar-refractivity contribution in [3.05, 3.63) is 33.2 Å². The van der Waals surface area contributed by atoms with Gasteiger partial charge in [-0.1, -0.05) is 5.11 Å².